The number of carbonyl (C=O) groups excluding carboxylic acids is 2. The van der Waals surface area contributed by atoms with Gasteiger partial charge in [0.1, 0.15) is 5.78 Å². The fourth-order valence-electron chi connectivity index (χ4n) is 1.66. The van der Waals surface area contributed by atoms with Crippen LogP contribution in [0.1, 0.15) is 24.8 Å². The van der Waals surface area contributed by atoms with E-state index in [0.29, 0.717) is 6.61 Å². The number of Topliss-reactive ketones (excluding diaryl/α,β-unsaturated/α-hetero) is 1. The Labute approximate surface area is 118 Å². The summed E-state index contributed by atoms with van der Waals surface area (Å²) in [5, 5.41) is 8.48. The Kier molecular flexibility index (Phi) is 7.01. The van der Waals surface area contributed by atoms with Crippen LogP contribution in [0.15, 0.2) is 30.3 Å². The molecule has 0 aromatic heterocycles. The van der Waals surface area contributed by atoms with Crippen LogP contribution in [0.4, 0.5) is 0 Å². The van der Waals surface area contributed by atoms with Crippen LogP contribution in [-0.4, -0.2) is 25.0 Å². The van der Waals surface area contributed by atoms with Crippen LogP contribution in [0.25, 0.3) is 0 Å². The van der Waals surface area contributed by atoms with E-state index in [-0.39, 0.29) is 25.0 Å². The van der Waals surface area contributed by atoms with E-state index in [4.69, 9.17) is 10.00 Å². The summed E-state index contributed by atoms with van der Waals surface area (Å²) in [5.74, 6) is -0.678. The number of esters is 1. The van der Waals surface area contributed by atoms with Crippen LogP contribution in [-0.2, 0) is 25.7 Å². The first-order chi connectivity index (χ1) is 9.65. The van der Waals surface area contributed by atoms with Crippen molar-refractivity contribution in [3.05, 3.63) is 35.9 Å². The molecule has 1 aromatic carbocycles. The second-order valence-corrected chi connectivity index (χ2v) is 4.28. The van der Waals surface area contributed by atoms with Gasteiger partial charge in [0.25, 0.3) is 0 Å². The number of benzene rings is 1. The van der Waals surface area contributed by atoms with E-state index in [1.165, 1.54) is 7.11 Å². The van der Waals surface area contributed by atoms with Crippen LogP contribution >= 0.6 is 0 Å². The number of ketones is 1. The minimum atomic E-state index is -0.566. The average molecular weight is 275 g/mol. The zero-order chi connectivity index (χ0) is 14.8. The van der Waals surface area contributed by atoms with Crippen molar-refractivity contribution < 1.29 is 19.1 Å². The normalized spacial score (nSPS) is 11.4. The van der Waals surface area contributed by atoms with Gasteiger partial charge in [-0.25, -0.2) is 0 Å². The Morgan fingerprint density at radius 2 is 1.95 bits per heavy atom. The monoisotopic (exact) mass is 275 g/mol. The van der Waals surface area contributed by atoms with Crippen molar-refractivity contribution in [2.24, 2.45) is 0 Å². The van der Waals surface area contributed by atoms with Crippen LogP contribution in [0.2, 0.25) is 0 Å². The second-order valence-electron chi connectivity index (χ2n) is 4.28. The summed E-state index contributed by atoms with van der Waals surface area (Å²) in [4.78, 5) is 22.8. The maximum absolute atomic E-state index is 11.5. The van der Waals surface area contributed by atoms with Crippen molar-refractivity contribution in [1.82, 2.24) is 0 Å². The molecular weight excluding hydrogens is 258 g/mol. The summed E-state index contributed by atoms with van der Waals surface area (Å²) in [5.41, 5.74) is 0.954. The number of rotatable bonds is 8. The SMILES string of the molecule is COC(=O)CC(CC(=O)CC#N)OCc1ccccc1. The summed E-state index contributed by atoms with van der Waals surface area (Å²) >= 11 is 0. The Hall–Kier alpha value is -2.19. The lowest BCUT2D eigenvalue weighted by molar-refractivity contribution is -0.144. The number of nitriles is 1. The van der Waals surface area contributed by atoms with Crippen LogP contribution < -0.4 is 0 Å². The molecule has 5 nitrogen and oxygen atoms in total. The molecule has 5 heteroatoms. The van der Waals surface area contributed by atoms with Gasteiger partial charge in [-0.3, -0.25) is 9.59 Å². The predicted molar refractivity (Wildman–Crippen MR) is 71.5 cm³/mol. The lowest BCUT2D eigenvalue weighted by Gasteiger charge is -2.15. The molecule has 0 amide bonds. The molecule has 1 unspecified atom stereocenters. The Morgan fingerprint density at radius 1 is 1.25 bits per heavy atom. The molecule has 0 N–H and O–H groups in total. The first kappa shape index (κ1) is 15.9. The number of hydrogen-bond donors (Lipinski definition) is 0. The molecule has 0 aliphatic rings. The number of hydrogen-bond acceptors (Lipinski definition) is 5. The number of carbonyl (C=O) groups is 2. The summed E-state index contributed by atoms with van der Waals surface area (Å²) < 4.78 is 10.2. The molecule has 0 spiro atoms. The third kappa shape index (κ3) is 6.12. The van der Waals surface area contributed by atoms with Gasteiger partial charge in [-0.05, 0) is 5.56 Å². The molecule has 0 bridgehead atoms. The highest BCUT2D eigenvalue weighted by Gasteiger charge is 2.18. The first-order valence-electron chi connectivity index (χ1n) is 6.26. The lowest BCUT2D eigenvalue weighted by Crippen LogP contribution is -2.22. The van der Waals surface area contributed by atoms with E-state index < -0.39 is 12.1 Å². The highest BCUT2D eigenvalue weighted by atomic mass is 16.5. The van der Waals surface area contributed by atoms with Crippen LogP contribution in [0, 0.1) is 11.3 Å². The van der Waals surface area contributed by atoms with Gasteiger partial charge in [0.05, 0.1) is 38.7 Å². The van der Waals surface area contributed by atoms with Crippen molar-refractivity contribution >= 4 is 11.8 Å². The van der Waals surface area contributed by atoms with Gasteiger partial charge in [-0.1, -0.05) is 30.3 Å². The van der Waals surface area contributed by atoms with Gasteiger partial charge in [-0.2, -0.15) is 5.26 Å². The molecule has 106 valence electrons. The van der Waals surface area contributed by atoms with Crippen molar-refractivity contribution in [2.75, 3.05) is 7.11 Å². The molecule has 0 fully saturated rings. The highest BCUT2D eigenvalue weighted by Crippen LogP contribution is 2.11. The standard InChI is InChI=1S/C15H17NO4/c1-19-15(18)10-14(9-13(17)7-8-16)20-11-12-5-3-2-4-6-12/h2-6,14H,7,9-11H2,1H3. The second kappa shape index (κ2) is 8.83. The van der Waals surface area contributed by atoms with E-state index in [1.807, 2.05) is 30.3 Å². The first-order valence-corrected chi connectivity index (χ1v) is 6.26. The van der Waals surface area contributed by atoms with Crippen LogP contribution in [0.5, 0.6) is 0 Å². The third-order valence-electron chi connectivity index (χ3n) is 2.68. The number of methoxy groups -OCH3 is 1. The molecule has 1 rings (SSSR count). The van der Waals surface area contributed by atoms with Gasteiger partial charge >= 0.3 is 5.97 Å². The minimum absolute atomic E-state index is 0.000498. The summed E-state index contributed by atoms with van der Waals surface area (Å²) in [6.45, 7) is 0.308. The largest absolute Gasteiger partial charge is 0.469 e. The Balaban J connectivity index is 2.55. The van der Waals surface area contributed by atoms with E-state index in [9.17, 15) is 9.59 Å². The molecule has 0 radical (unpaired) electrons. The fourth-order valence-corrected chi connectivity index (χ4v) is 1.66. The van der Waals surface area contributed by atoms with Gasteiger partial charge < -0.3 is 9.47 Å². The minimum Gasteiger partial charge on any atom is -0.469 e. The molecule has 1 atom stereocenters. The topological polar surface area (TPSA) is 76.4 Å². The van der Waals surface area contributed by atoms with Crippen molar-refractivity contribution in [1.29, 1.82) is 5.26 Å². The molecule has 0 saturated carbocycles. The van der Waals surface area contributed by atoms with Crippen molar-refractivity contribution in [3.8, 4) is 6.07 Å². The molecule has 0 saturated heterocycles. The summed E-state index contributed by atoms with van der Waals surface area (Å²) in [6.07, 6.45) is -0.703. The molecule has 0 heterocycles. The fraction of sp³-hybridized carbons (Fsp3) is 0.400. The van der Waals surface area contributed by atoms with Crippen molar-refractivity contribution in [2.45, 2.75) is 32.0 Å². The Morgan fingerprint density at radius 3 is 2.55 bits per heavy atom. The lowest BCUT2D eigenvalue weighted by atomic mass is 10.1. The molecule has 20 heavy (non-hydrogen) atoms. The molecular formula is C15H17NO4. The molecule has 0 aliphatic heterocycles. The smallest absolute Gasteiger partial charge is 0.308 e. The van der Waals surface area contributed by atoms with E-state index in [2.05, 4.69) is 4.74 Å². The van der Waals surface area contributed by atoms with E-state index in [1.54, 1.807) is 6.07 Å². The van der Waals surface area contributed by atoms with Crippen molar-refractivity contribution in [3.63, 3.8) is 0 Å². The zero-order valence-corrected chi connectivity index (χ0v) is 11.4. The summed E-state index contributed by atoms with van der Waals surface area (Å²) in [6, 6.07) is 11.2. The number of nitrogens with zero attached hydrogens (tertiary/aromatic N) is 1. The average Bonchev–Trinajstić information content (AvgIpc) is 2.46. The van der Waals surface area contributed by atoms with Gasteiger partial charge in [0.15, 0.2) is 0 Å². The van der Waals surface area contributed by atoms with Gasteiger partial charge in [0, 0.05) is 6.42 Å². The highest BCUT2D eigenvalue weighted by molar-refractivity contribution is 5.81. The number of ether oxygens (including phenoxy) is 2. The van der Waals surface area contributed by atoms with E-state index in [0.717, 1.165) is 5.56 Å². The van der Waals surface area contributed by atoms with E-state index >= 15 is 0 Å². The predicted octanol–water partition coefficient (Wildman–Crippen LogP) is 2.01. The van der Waals surface area contributed by atoms with Gasteiger partial charge in [0.2, 0.25) is 0 Å². The molecule has 1 aromatic rings. The summed E-state index contributed by atoms with van der Waals surface area (Å²) in [7, 11) is 1.29. The third-order valence-corrected chi connectivity index (χ3v) is 2.68. The maximum atomic E-state index is 11.5. The van der Waals surface area contributed by atoms with Crippen LogP contribution in [0.3, 0.4) is 0 Å². The Bertz CT molecular complexity index is 478. The zero-order valence-electron chi connectivity index (χ0n) is 11.4. The quantitative estimate of drug-likeness (QED) is 0.678. The maximum Gasteiger partial charge on any atom is 0.308 e. The molecule has 0 aliphatic carbocycles. The van der Waals surface area contributed by atoms with Gasteiger partial charge in [-0.15, -0.1) is 0 Å².